The van der Waals surface area contributed by atoms with Crippen molar-refractivity contribution in [2.75, 3.05) is 25.5 Å². The molecule has 4 unspecified atom stereocenters. The average Bonchev–Trinajstić information content (AvgIpc) is 3.35. The standard InChI is InChI=1S/C28H41N5O7/c1-8-16(2)22(24(37)30-15-21(35)39-7)32-20(34)14-29-23(36)19-13-28(6)17-11-9-10-12-18(17)31-25(28)33(19)26(38)40-27(3,4)5/h9-12,16,19,22,25,31H,8,13-15H2,1-7H3,(H,29,36)(H,30,37)(H,32,34)/t16?,19-,22?,25?,28?/m0/s1. The van der Waals surface area contributed by atoms with Gasteiger partial charge in [-0.3, -0.25) is 24.1 Å². The molecule has 2 aliphatic heterocycles. The summed E-state index contributed by atoms with van der Waals surface area (Å²) in [6.45, 7) is 10.2. The third kappa shape index (κ3) is 6.65. The fourth-order valence-corrected chi connectivity index (χ4v) is 5.16. The van der Waals surface area contributed by atoms with Crippen LogP contribution < -0.4 is 21.3 Å². The van der Waals surface area contributed by atoms with E-state index in [1.807, 2.05) is 38.1 Å². The van der Waals surface area contributed by atoms with Gasteiger partial charge in [-0.1, -0.05) is 45.4 Å². The van der Waals surface area contributed by atoms with Crippen LogP contribution in [-0.4, -0.2) is 78.7 Å². The van der Waals surface area contributed by atoms with Crippen molar-refractivity contribution in [2.45, 2.75) is 83.6 Å². The summed E-state index contributed by atoms with van der Waals surface area (Å²) in [6, 6.07) is 5.91. The van der Waals surface area contributed by atoms with Gasteiger partial charge in [-0.25, -0.2) is 4.79 Å². The molecule has 0 bridgehead atoms. The normalized spacial score (nSPS) is 22.6. The molecule has 0 saturated carbocycles. The molecule has 3 rings (SSSR count). The Morgan fingerprint density at radius 1 is 1.12 bits per heavy atom. The highest BCUT2D eigenvalue weighted by atomic mass is 16.6. The number of likely N-dealkylation sites (tertiary alicyclic amines) is 1. The van der Waals surface area contributed by atoms with E-state index < -0.39 is 65.6 Å². The number of para-hydroxylation sites is 1. The maximum atomic E-state index is 13.4. The van der Waals surface area contributed by atoms with Crippen molar-refractivity contribution >= 4 is 35.5 Å². The highest BCUT2D eigenvalue weighted by molar-refractivity contribution is 5.93. The number of carbonyl (C=O) groups is 5. The van der Waals surface area contributed by atoms with Gasteiger partial charge in [0.2, 0.25) is 17.7 Å². The van der Waals surface area contributed by atoms with E-state index in [-0.39, 0.29) is 12.5 Å². The number of rotatable bonds is 9. The van der Waals surface area contributed by atoms with Crippen LogP contribution in [0.25, 0.3) is 0 Å². The molecule has 4 N–H and O–H groups in total. The van der Waals surface area contributed by atoms with Crippen molar-refractivity contribution in [1.29, 1.82) is 0 Å². The molecule has 1 fully saturated rings. The summed E-state index contributed by atoms with van der Waals surface area (Å²) >= 11 is 0. The number of anilines is 1. The molecule has 12 heteroatoms. The van der Waals surface area contributed by atoms with Crippen LogP contribution in [0.1, 0.15) is 59.9 Å². The van der Waals surface area contributed by atoms with Gasteiger partial charge in [0.1, 0.15) is 30.4 Å². The second-order valence-electron chi connectivity index (χ2n) is 11.6. The zero-order valence-corrected chi connectivity index (χ0v) is 24.3. The Morgan fingerprint density at radius 3 is 2.42 bits per heavy atom. The van der Waals surface area contributed by atoms with Crippen molar-refractivity contribution in [3.8, 4) is 0 Å². The molecule has 5 atom stereocenters. The average molecular weight is 560 g/mol. The van der Waals surface area contributed by atoms with E-state index in [1.165, 1.54) is 12.0 Å². The van der Waals surface area contributed by atoms with Crippen LogP contribution in [0.15, 0.2) is 24.3 Å². The lowest BCUT2D eigenvalue weighted by atomic mass is 9.80. The van der Waals surface area contributed by atoms with E-state index in [9.17, 15) is 24.0 Å². The summed E-state index contributed by atoms with van der Waals surface area (Å²) < 4.78 is 10.2. The Labute approximate surface area is 234 Å². The third-order valence-electron chi connectivity index (χ3n) is 7.45. The molecule has 0 aliphatic carbocycles. The molecule has 0 aromatic heterocycles. The number of methoxy groups -OCH3 is 1. The van der Waals surface area contributed by atoms with Crippen molar-refractivity contribution in [1.82, 2.24) is 20.9 Å². The van der Waals surface area contributed by atoms with Gasteiger partial charge in [-0.05, 0) is 44.7 Å². The number of hydrogen-bond donors (Lipinski definition) is 4. The number of nitrogens with one attached hydrogen (secondary N) is 4. The molecular formula is C28H41N5O7. The molecule has 1 aromatic carbocycles. The maximum absolute atomic E-state index is 13.4. The van der Waals surface area contributed by atoms with Crippen molar-refractivity contribution in [3.63, 3.8) is 0 Å². The van der Waals surface area contributed by atoms with Crippen LogP contribution in [0.5, 0.6) is 0 Å². The lowest BCUT2D eigenvalue weighted by Crippen LogP contribution is -2.55. The van der Waals surface area contributed by atoms with Crippen molar-refractivity contribution < 1.29 is 33.4 Å². The first-order chi connectivity index (χ1) is 18.7. The molecule has 1 saturated heterocycles. The molecule has 2 heterocycles. The van der Waals surface area contributed by atoms with Gasteiger partial charge in [-0.2, -0.15) is 0 Å². The monoisotopic (exact) mass is 559 g/mol. The number of benzene rings is 1. The van der Waals surface area contributed by atoms with E-state index in [4.69, 9.17) is 4.74 Å². The Kier molecular flexibility index (Phi) is 9.32. The highest BCUT2D eigenvalue weighted by Crippen LogP contribution is 2.51. The second kappa shape index (κ2) is 12.1. The summed E-state index contributed by atoms with van der Waals surface area (Å²) in [5.41, 5.74) is 0.554. The summed E-state index contributed by atoms with van der Waals surface area (Å²) in [5, 5.41) is 11.1. The molecule has 4 amide bonds. The number of ether oxygens (including phenoxy) is 2. The van der Waals surface area contributed by atoms with E-state index >= 15 is 0 Å². The largest absolute Gasteiger partial charge is 0.468 e. The summed E-state index contributed by atoms with van der Waals surface area (Å²) in [4.78, 5) is 65.0. The van der Waals surface area contributed by atoms with Gasteiger partial charge in [0, 0.05) is 11.1 Å². The lowest BCUT2D eigenvalue weighted by Gasteiger charge is -2.33. The van der Waals surface area contributed by atoms with Crippen LogP contribution in [0.4, 0.5) is 10.5 Å². The first-order valence-electron chi connectivity index (χ1n) is 13.5. The number of amides is 4. The van der Waals surface area contributed by atoms with Crippen LogP contribution in [0.3, 0.4) is 0 Å². The van der Waals surface area contributed by atoms with Crippen molar-refractivity contribution in [3.05, 3.63) is 29.8 Å². The minimum atomic E-state index is -0.914. The van der Waals surface area contributed by atoms with Crippen LogP contribution in [0.2, 0.25) is 0 Å². The summed E-state index contributed by atoms with van der Waals surface area (Å²) in [6.07, 6.45) is -0.243. The zero-order valence-electron chi connectivity index (χ0n) is 24.3. The number of hydrogen-bond acceptors (Lipinski definition) is 8. The van der Waals surface area contributed by atoms with Crippen LogP contribution in [0, 0.1) is 5.92 Å². The predicted molar refractivity (Wildman–Crippen MR) is 147 cm³/mol. The predicted octanol–water partition coefficient (Wildman–Crippen LogP) is 1.64. The lowest BCUT2D eigenvalue weighted by molar-refractivity contribution is -0.141. The fourth-order valence-electron chi connectivity index (χ4n) is 5.16. The molecule has 12 nitrogen and oxygen atoms in total. The Bertz CT molecular complexity index is 1150. The first-order valence-corrected chi connectivity index (χ1v) is 13.5. The maximum Gasteiger partial charge on any atom is 0.412 e. The van der Waals surface area contributed by atoms with Gasteiger partial charge < -0.3 is 30.7 Å². The van der Waals surface area contributed by atoms with Gasteiger partial charge in [0.25, 0.3) is 0 Å². The van der Waals surface area contributed by atoms with Gasteiger partial charge in [-0.15, -0.1) is 0 Å². The number of nitrogens with zero attached hydrogens (tertiary/aromatic N) is 1. The third-order valence-corrected chi connectivity index (χ3v) is 7.45. The Morgan fingerprint density at radius 2 is 1.80 bits per heavy atom. The number of esters is 1. The van der Waals surface area contributed by atoms with E-state index in [2.05, 4.69) is 26.0 Å². The van der Waals surface area contributed by atoms with Gasteiger partial charge in [0.05, 0.1) is 13.7 Å². The Balaban J connectivity index is 1.72. The molecule has 220 valence electrons. The van der Waals surface area contributed by atoms with Gasteiger partial charge >= 0.3 is 12.1 Å². The van der Waals surface area contributed by atoms with Crippen LogP contribution >= 0.6 is 0 Å². The van der Waals surface area contributed by atoms with E-state index in [0.29, 0.717) is 12.8 Å². The molecule has 2 aliphatic rings. The minimum absolute atomic E-state index is 0.236. The van der Waals surface area contributed by atoms with Crippen molar-refractivity contribution in [2.24, 2.45) is 5.92 Å². The number of carbonyl (C=O) groups excluding carboxylic acids is 5. The molecule has 40 heavy (non-hydrogen) atoms. The number of fused-ring (bicyclic) bond motifs is 3. The molecule has 1 aromatic rings. The highest BCUT2D eigenvalue weighted by Gasteiger charge is 2.59. The molecular weight excluding hydrogens is 518 g/mol. The smallest absolute Gasteiger partial charge is 0.412 e. The quantitative estimate of drug-likeness (QED) is 0.333. The topological polar surface area (TPSA) is 155 Å². The molecule has 0 spiro atoms. The van der Waals surface area contributed by atoms with Gasteiger partial charge in [0.15, 0.2) is 0 Å². The first kappa shape index (κ1) is 30.7. The van der Waals surface area contributed by atoms with Crippen LogP contribution in [-0.2, 0) is 34.1 Å². The summed E-state index contributed by atoms with van der Waals surface area (Å²) in [7, 11) is 1.21. The summed E-state index contributed by atoms with van der Waals surface area (Å²) in [5.74, 6) is -2.47. The van der Waals surface area contributed by atoms with E-state index in [1.54, 1.807) is 27.7 Å². The van der Waals surface area contributed by atoms with E-state index in [0.717, 1.165) is 11.3 Å². The SMILES string of the molecule is CCC(C)C(NC(=O)CNC(=O)[C@@H]1CC2(C)c3ccccc3NC2N1C(=O)OC(C)(C)C)C(=O)NCC(=O)OC. The minimum Gasteiger partial charge on any atom is -0.468 e. The second-order valence-corrected chi connectivity index (χ2v) is 11.6. The zero-order chi connectivity index (χ0) is 29.8. The molecule has 0 radical (unpaired) electrons. The Hall–Kier alpha value is -3.83. The fraction of sp³-hybridized carbons (Fsp3) is 0.607.